The van der Waals surface area contributed by atoms with Crippen LogP contribution < -0.4 is 0 Å². The second-order valence-corrected chi connectivity index (χ2v) is 21.7. The molecule has 0 rings (SSSR count). The molecule has 0 aliphatic rings. The zero-order chi connectivity index (χ0) is 52.2. The summed E-state index contributed by atoms with van der Waals surface area (Å²) in [7, 11) is 0. The zero-order valence-electron chi connectivity index (χ0n) is 48.5. The summed E-state index contributed by atoms with van der Waals surface area (Å²) in [4.78, 5) is 38.2. The quantitative estimate of drug-likeness (QED) is 0.0261. The van der Waals surface area contributed by atoms with Crippen molar-refractivity contribution in [3.05, 3.63) is 36.5 Å². The molecule has 6 heteroatoms. The van der Waals surface area contributed by atoms with Crippen LogP contribution in [0.4, 0.5) is 0 Å². The normalized spacial score (nSPS) is 12.2. The van der Waals surface area contributed by atoms with E-state index in [0.717, 1.165) is 89.9 Å². The summed E-state index contributed by atoms with van der Waals surface area (Å²) < 4.78 is 16.9. The number of hydrogen-bond acceptors (Lipinski definition) is 6. The Hall–Kier alpha value is -2.37. The van der Waals surface area contributed by atoms with Gasteiger partial charge in [0.2, 0.25) is 0 Å². The molecule has 1 atom stereocenters. The highest BCUT2D eigenvalue weighted by atomic mass is 16.6. The molecule has 0 radical (unpaired) electrons. The minimum Gasteiger partial charge on any atom is -0.462 e. The van der Waals surface area contributed by atoms with Crippen molar-refractivity contribution < 1.29 is 28.6 Å². The summed E-state index contributed by atoms with van der Waals surface area (Å²) in [6, 6.07) is 0. The number of esters is 3. The molecule has 0 N–H and O–H groups in total. The van der Waals surface area contributed by atoms with Gasteiger partial charge in [-0.2, -0.15) is 0 Å². The second kappa shape index (κ2) is 61.2. The maximum absolute atomic E-state index is 12.9. The van der Waals surface area contributed by atoms with E-state index < -0.39 is 6.10 Å². The van der Waals surface area contributed by atoms with E-state index in [4.69, 9.17) is 14.2 Å². The van der Waals surface area contributed by atoms with Crippen LogP contribution in [0.2, 0.25) is 0 Å². The number of hydrogen-bond donors (Lipinski definition) is 0. The van der Waals surface area contributed by atoms with Gasteiger partial charge in [0.05, 0.1) is 0 Å². The Balaban J connectivity index is 4.21. The molecular formula is C66H122O6. The first-order valence-electron chi connectivity index (χ1n) is 32.0. The van der Waals surface area contributed by atoms with Crippen LogP contribution in [-0.2, 0) is 28.6 Å². The maximum Gasteiger partial charge on any atom is 0.306 e. The Labute approximate surface area is 448 Å². The third kappa shape index (κ3) is 58.5. The minimum atomic E-state index is -0.781. The van der Waals surface area contributed by atoms with Crippen molar-refractivity contribution >= 4 is 17.9 Å². The van der Waals surface area contributed by atoms with Crippen LogP contribution in [-0.4, -0.2) is 37.2 Å². The van der Waals surface area contributed by atoms with E-state index in [-0.39, 0.29) is 31.1 Å². The monoisotopic (exact) mass is 1010 g/mol. The lowest BCUT2D eigenvalue weighted by atomic mass is 10.0. The number of unbranched alkanes of at least 4 members (excludes halogenated alkanes) is 42. The van der Waals surface area contributed by atoms with Crippen molar-refractivity contribution in [3.8, 4) is 0 Å². The number of rotatable bonds is 59. The Kier molecular flexibility index (Phi) is 59.2. The predicted octanol–water partition coefficient (Wildman–Crippen LogP) is 21.6. The molecule has 1 unspecified atom stereocenters. The van der Waals surface area contributed by atoms with Crippen LogP contribution in [0.5, 0.6) is 0 Å². The molecule has 422 valence electrons. The summed E-state index contributed by atoms with van der Waals surface area (Å²) in [5.41, 5.74) is 0. The summed E-state index contributed by atoms with van der Waals surface area (Å²) in [6.45, 7) is 6.63. The average Bonchev–Trinajstić information content (AvgIpc) is 3.38. The topological polar surface area (TPSA) is 78.9 Å². The van der Waals surface area contributed by atoms with Crippen molar-refractivity contribution in [2.24, 2.45) is 0 Å². The second-order valence-electron chi connectivity index (χ2n) is 21.7. The molecule has 0 bridgehead atoms. The van der Waals surface area contributed by atoms with Crippen LogP contribution in [0.15, 0.2) is 36.5 Å². The van der Waals surface area contributed by atoms with Crippen molar-refractivity contribution in [1.82, 2.24) is 0 Å². The first-order valence-corrected chi connectivity index (χ1v) is 32.0. The fraction of sp³-hybridized carbons (Fsp3) is 0.864. The fourth-order valence-electron chi connectivity index (χ4n) is 9.53. The Morgan fingerprint density at radius 1 is 0.278 bits per heavy atom. The first-order chi connectivity index (χ1) is 35.5. The molecule has 0 aliphatic heterocycles. The highest BCUT2D eigenvalue weighted by molar-refractivity contribution is 5.71. The van der Waals surface area contributed by atoms with Crippen molar-refractivity contribution in [3.63, 3.8) is 0 Å². The molecule has 0 spiro atoms. The van der Waals surface area contributed by atoms with Crippen LogP contribution in [0, 0.1) is 0 Å². The third-order valence-corrected chi connectivity index (χ3v) is 14.4. The van der Waals surface area contributed by atoms with Gasteiger partial charge in [-0.15, -0.1) is 0 Å². The summed E-state index contributed by atoms with van der Waals surface area (Å²) in [6.07, 6.45) is 74.5. The molecule has 6 nitrogen and oxygen atoms in total. The van der Waals surface area contributed by atoms with Gasteiger partial charge in [0.15, 0.2) is 6.10 Å². The van der Waals surface area contributed by atoms with Gasteiger partial charge >= 0.3 is 17.9 Å². The molecule has 0 heterocycles. The highest BCUT2D eigenvalue weighted by Gasteiger charge is 2.19. The van der Waals surface area contributed by atoms with E-state index >= 15 is 0 Å². The van der Waals surface area contributed by atoms with E-state index in [1.165, 1.54) is 218 Å². The molecule has 0 fully saturated rings. The lowest BCUT2D eigenvalue weighted by Gasteiger charge is -2.18. The van der Waals surface area contributed by atoms with Gasteiger partial charge in [-0.3, -0.25) is 14.4 Å². The summed E-state index contributed by atoms with van der Waals surface area (Å²) >= 11 is 0. The van der Waals surface area contributed by atoms with E-state index in [2.05, 4.69) is 57.2 Å². The first kappa shape index (κ1) is 69.6. The number of carbonyl (C=O) groups excluding carboxylic acids is 3. The fourth-order valence-corrected chi connectivity index (χ4v) is 9.53. The SMILES string of the molecule is CCCCC/C=C\C/C=C\CCCCCCCC(=O)OC(COC(=O)CCCCCCC/C=C\CCCCCC)COC(=O)CCCCCCCCCCCCCCCCCCCCCCCCCCCC. The van der Waals surface area contributed by atoms with E-state index in [1.54, 1.807) is 0 Å². The van der Waals surface area contributed by atoms with Crippen molar-refractivity contribution in [1.29, 1.82) is 0 Å². The Bertz CT molecular complexity index is 1210. The largest absolute Gasteiger partial charge is 0.462 e. The standard InChI is InChI=1S/C66H122O6/c1-4-7-10-13-16-19-22-25-27-28-29-30-31-32-33-34-35-36-37-39-41-44-47-50-53-56-59-65(68)71-62-63(61-70-64(67)58-55-52-49-46-43-40-24-21-18-15-12-9-6-3)72-66(69)60-57-54-51-48-45-42-38-26-23-20-17-14-11-8-5-2/h17,20-21,24,26,38,63H,4-16,18-19,22-23,25,27-37,39-62H2,1-3H3/b20-17-,24-21-,38-26-. The highest BCUT2D eigenvalue weighted by Crippen LogP contribution is 2.18. The van der Waals surface area contributed by atoms with Crippen molar-refractivity contribution in [2.75, 3.05) is 13.2 Å². The number of allylic oxidation sites excluding steroid dienone is 6. The van der Waals surface area contributed by atoms with Gasteiger partial charge < -0.3 is 14.2 Å². The Morgan fingerprint density at radius 3 is 0.819 bits per heavy atom. The molecule has 0 aromatic rings. The molecule has 0 aromatic carbocycles. The summed E-state index contributed by atoms with van der Waals surface area (Å²) in [5, 5.41) is 0. The lowest BCUT2D eigenvalue weighted by molar-refractivity contribution is -0.167. The number of carbonyl (C=O) groups is 3. The molecule has 0 saturated carbocycles. The molecule has 0 aromatic heterocycles. The zero-order valence-corrected chi connectivity index (χ0v) is 48.5. The maximum atomic E-state index is 12.9. The molecule has 0 saturated heterocycles. The van der Waals surface area contributed by atoms with Crippen molar-refractivity contribution in [2.45, 2.75) is 354 Å². The van der Waals surface area contributed by atoms with Crippen LogP contribution in [0.1, 0.15) is 348 Å². The Morgan fingerprint density at radius 2 is 0.500 bits per heavy atom. The van der Waals surface area contributed by atoms with E-state index in [9.17, 15) is 14.4 Å². The van der Waals surface area contributed by atoms with E-state index in [1.807, 2.05) is 0 Å². The van der Waals surface area contributed by atoms with E-state index in [0.29, 0.717) is 19.3 Å². The predicted molar refractivity (Wildman–Crippen MR) is 312 cm³/mol. The van der Waals surface area contributed by atoms with Gasteiger partial charge in [-0.1, -0.05) is 288 Å². The molecule has 72 heavy (non-hydrogen) atoms. The lowest BCUT2D eigenvalue weighted by Crippen LogP contribution is -2.30. The average molecular weight is 1010 g/mol. The minimum absolute atomic E-state index is 0.0767. The van der Waals surface area contributed by atoms with Gasteiger partial charge in [0.25, 0.3) is 0 Å². The molecule has 0 aliphatic carbocycles. The van der Waals surface area contributed by atoms with Gasteiger partial charge in [-0.05, 0) is 77.0 Å². The molecule has 0 amide bonds. The summed E-state index contributed by atoms with van der Waals surface area (Å²) in [5.74, 6) is -0.880. The van der Waals surface area contributed by atoms with Gasteiger partial charge in [0.1, 0.15) is 13.2 Å². The van der Waals surface area contributed by atoms with Gasteiger partial charge in [-0.25, -0.2) is 0 Å². The molecular weight excluding hydrogens is 889 g/mol. The van der Waals surface area contributed by atoms with Gasteiger partial charge in [0, 0.05) is 19.3 Å². The number of ether oxygens (including phenoxy) is 3. The van der Waals surface area contributed by atoms with Crippen LogP contribution in [0.25, 0.3) is 0 Å². The smallest absolute Gasteiger partial charge is 0.306 e. The van der Waals surface area contributed by atoms with Crippen LogP contribution >= 0.6 is 0 Å². The van der Waals surface area contributed by atoms with Crippen LogP contribution in [0.3, 0.4) is 0 Å². The third-order valence-electron chi connectivity index (χ3n) is 14.4.